The van der Waals surface area contributed by atoms with E-state index < -0.39 is 20.0 Å². The van der Waals surface area contributed by atoms with Crippen molar-refractivity contribution in [2.45, 2.75) is 309 Å². The van der Waals surface area contributed by atoms with Crippen molar-refractivity contribution in [3.8, 4) is 0 Å². The smallest absolute Gasteiger partial charge is 0.391 e. The van der Waals surface area contributed by atoms with Crippen LogP contribution >= 0.6 is 7.82 Å². The van der Waals surface area contributed by atoms with Crippen LogP contribution in [0, 0.1) is 0 Å². The van der Waals surface area contributed by atoms with Crippen LogP contribution in [0.2, 0.25) is 0 Å². The van der Waals surface area contributed by atoms with Crippen molar-refractivity contribution < 1.29 is 32.9 Å². The molecule has 0 rings (SSSR count). The number of quaternary nitrogens is 1. The highest BCUT2D eigenvalue weighted by atomic mass is 31.2. The van der Waals surface area contributed by atoms with E-state index in [9.17, 15) is 19.4 Å². The van der Waals surface area contributed by atoms with Crippen molar-refractivity contribution in [3.63, 3.8) is 0 Å². The zero-order valence-electron chi connectivity index (χ0n) is 43.8. The maximum atomic E-state index is 12.7. The zero-order valence-corrected chi connectivity index (χ0v) is 44.7. The van der Waals surface area contributed by atoms with Crippen LogP contribution in [0.3, 0.4) is 0 Å². The molecule has 1 amide bonds. The molecular formula is C55H114N2O6P+. The molecule has 8 nitrogen and oxygen atoms in total. The normalized spacial score (nSPS) is 13.9. The molecule has 64 heavy (non-hydrogen) atoms. The molecule has 3 N–H and O–H groups in total. The van der Waals surface area contributed by atoms with E-state index in [1.807, 2.05) is 21.1 Å². The van der Waals surface area contributed by atoms with Gasteiger partial charge in [0.2, 0.25) is 5.91 Å². The highest BCUT2D eigenvalue weighted by Gasteiger charge is 2.28. The number of hydrogen-bond acceptors (Lipinski definition) is 5. The predicted octanol–water partition coefficient (Wildman–Crippen LogP) is 16.9. The molecule has 384 valence electrons. The summed E-state index contributed by atoms with van der Waals surface area (Å²) >= 11 is 0. The molecule has 3 unspecified atom stereocenters. The summed E-state index contributed by atoms with van der Waals surface area (Å²) in [6.45, 7) is 4.76. The van der Waals surface area contributed by atoms with Crippen molar-refractivity contribution in [2.75, 3.05) is 40.9 Å². The molecule has 0 aromatic carbocycles. The summed E-state index contributed by atoms with van der Waals surface area (Å²) in [5, 5.41) is 13.6. The Bertz CT molecular complexity index is 1010. The SMILES string of the molecule is CCCCCCCCCCCCCCCCCCCCCCCCCCCCCCCCCCCCCCCCCC(=O)NC(COP(=O)(O)OCC[N+](C)(C)C)C(O)CCCCC. The largest absolute Gasteiger partial charge is 0.472 e. The molecule has 0 aromatic heterocycles. The number of nitrogens with one attached hydrogen (secondary N) is 1. The number of phosphoric ester groups is 1. The van der Waals surface area contributed by atoms with E-state index >= 15 is 0 Å². The summed E-state index contributed by atoms with van der Waals surface area (Å²) in [4.78, 5) is 22.9. The number of carbonyl (C=O) groups is 1. The summed E-state index contributed by atoms with van der Waals surface area (Å²) in [5.41, 5.74) is 0. The summed E-state index contributed by atoms with van der Waals surface area (Å²) < 4.78 is 23.4. The molecule has 9 heteroatoms. The average molecular weight is 930 g/mol. The second kappa shape index (κ2) is 47.6. The summed E-state index contributed by atoms with van der Waals surface area (Å²) in [5.74, 6) is -0.150. The highest BCUT2D eigenvalue weighted by molar-refractivity contribution is 7.47. The first-order valence-electron chi connectivity index (χ1n) is 28.4. The molecule has 3 atom stereocenters. The Hall–Kier alpha value is -0.500. The Morgan fingerprint density at radius 3 is 1.05 bits per heavy atom. The Balaban J connectivity index is 3.53. The lowest BCUT2D eigenvalue weighted by molar-refractivity contribution is -0.870. The van der Waals surface area contributed by atoms with Crippen molar-refractivity contribution in [3.05, 3.63) is 0 Å². The third-order valence-electron chi connectivity index (χ3n) is 13.4. The molecule has 0 aromatic rings. The Morgan fingerprint density at radius 1 is 0.469 bits per heavy atom. The summed E-state index contributed by atoms with van der Waals surface area (Å²) in [6.07, 6.45) is 57.3. The molecule has 0 saturated carbocycles. The number of carbonyl (C=O) groups excluding carboxylic acids is 1. The number of unbranched alkanes of at least 4 members (excludes halogenated alkanes) is 40. The highest BCUT2D eigenvalue weighted by Crippen LogP contribution is 2.43. The molecule has 0 saturated heterocycles. The second-order valence-electron chi connectivity index (χ2n) is 21.0. The minimum atomic E-state index is -4.29. The molecule has 0 radical (unpaired) electrons. The fourth-order valence-corrected chi connectivity index (χ4v) is 9.61. The van der Waals surface area contributed by atoms with E-state index in [0.717, 1.165) is 38.5 Å². The van der Waals surface area contributed by atoms with Gasteiger partial charge in [-0.2, -0.15) is 0 Å². The lowest BCUT2D eigenvalue weighted by Crippen LogP contribution is -2.46. The van der Waals surface area contributed by atoms with E-state index in [0.29, 0.717) is 23.9 Å². The lowest BCUT2D eigenvalue weighted by atomic mass is 10.0. The molecule has 0 fully saturated rings. The number of phosphoric acid groups is 1. The van der Waals surface area contributed by atoms with Crippen LogP contribution < -0.4 is 5.32 Å². The Kier molecular flexibility index (Phi) is 47.2. The van der Waals surface area contributed by atoms with Crippen LogP contribution in [-0.4, -0.2) is 73.4 Å². The van der Waals surface area contributed by atoms with Crippen LogP contribution in [0.4, 0.5) is 0 Å². The first-order valence-corrected chi connectivity index (χ1v) is 29.9. The van der Waals surface area contributed by atoms with E-state index in [1.165, 1.54) is 231 Å². The van der Waals surface area contributed by atoms with Gasteiger partial charge in [-0.1, -0.05) is 277 Å². The van der Waals surface area contributed by atoms with Gasteiger partial charge in [-0.15, -0.1) is 0 Å². The van der Waals surface area contributed by atoms with Gasteiger partial charge < -0.3 is 19.8 Å². The fraction of sp³-hybridized carbons (Fsp3) is 0.982. The van der Waals surface area contributed by atoms with E-state index in [4.69, 9.17) is 9.05 Å². The summed E-state index contributed by atoms with van der Waals surface area (Å²) in [7, 11) is 1.62. The van der Waals surface area contributed by atoms with E-state index in [1.54, 1.807) is 0 Å². The monoisotopic (exact) mass is 930 g/mol. The van der Waals surface area contributed by atoms with Gasteiger partial charge in [0, 0.05) is 6.42 Å². The third-order valence-corrected chi connectivity index (χ3v) is 14.3. The van der Waals surface area contributed by atoms with Crippen molar-refractivity contribution in [1.29, 1.82) is 0 Å². The van der Waals surface area contributed by atoms with Gasteiger partial charge in [-0.05, 0) is 12.8 Å². The van der Waals surface area contributed by atoms with Gasteiger partial charge >= 0.3 is 7.82 Å². The number of aliphatic hydroxyl groups is 1. The molecule has 0 aliphatic rings. The van der Waals surface area contributed by atoms with Gasteiger partial charge in [0.05, 0.1) is 39.9 Å². The topological polar surface area (TPSA) is 105 Å². The maximum absolute atomic E-state index is 12.7. The molecule has 0 heterocycles. The van der Waals surface area contributed by atoms with Gasteiger partial charge in [0.15, 0.2) is 0 Å². The third kappa shape index (κ3) is 49.4. The predicted molar refractivity (Wildman–Crippen MR) is 277 cm³/mol. The molecule has 0 bridgehead atoms. The number of rotatable bonds is 53. The standard InChI is InChI=1S/C55H113N2O6P/c1-6-8-10-11-12-13-14-15-16-17-18-19-20-21-22-23-24-25-26-27-28-29-30-31-32-33-34-35-36-37-38-39-40-41-42-43-44-45-47-49-55(59)56-53(54(58)48-46-9-7-2)52-63-64(60,61)62-51-50-57(3,4)5/h53-54,58H,6-52H2,1-5H3,(H-,56,59,60,61)/p+1. The van der Waals surface area contributed by atoms with Crippen LogP contribution in [0.15, 0.2) is 0 Å². The van der Waals surface area contributed by atoms with Crippen molar-refractivity contribution in [1.82, 2.24) is 5.32 Å². The lowest BCUT2D eigenvalue weighted by Gasteiger charge is -2.26. The average Bonchev–Trinajstić information content (AvgIpc) is 3.25. The van der Waals surface area contributed by atoms with Crippen LogP contribution in [0.5, 0.6) is 0 Å². The number of hydrogen-bond donors (Lipinski definition) is 3. The Labute approximate surface area is 399 Å². The second-order valence-corrected chi connectivity index (χ2v) is 22.5. The van der Waals surface area contributed by atoms with Gasteiger partial charge in [0.1, 0.15) is 13.2 Å². The molecule has 0 aliphatic heterocycles. The number of nitrogens with zero attached hydrogens (tertiary/aromatic N) is 1. The van der Waals surface area contributed by atoms with Crippen molar-refractivity contribution >= 4 is 13.7 Å². The van der Waals surface area contributed by atoms with E-state index in [-0.39, 0.29) is 19.1 Å². The number of amides is 1. The van der Waals surface area contributed by atoms with Gasteiger partial charge in [-0.3, -0.25) is 13.8 Å². The minimum absolute atomic E-state index is 0.0765. The quantitative estimate of drug-likeness (QED) is 0.0319. The fourth-order valence-electron chi connectivity index (χ4n) is 8.87. The molecular weight excluding hydrogens is 816 g/mol. The van der Waals surface area contributed by atoms with E-state index in [2.05, 4.69) is 19.2 Å². The molecule has 0 spiro atoms. The minimum Gasteiger partial charge on any atom is -0.391 e. The summed E-state index contributed by atoms with van der Waals surface area (Å²) in [6, 6.07) is -0.750. The maximum Gasteiger partial charge on any atom is 0.472 e. The Morgan fingerprint density at radius 2 is 0.750 bits per heavy atom. The zero-order chi connectivity index (χ0) is 47.1. The van der Waals surface area contributed by atoms with Gasteiger partial charge in [0.25, 0.3) is 0 Å². The first-order chi connectivity index (χ1) is 31.0. The number of aliphatic hydroxyl groups excluding tert-OH is 1. The first kappa shape index (κ1) is 63.5. The van der Waals surface area contributed by atoms with Crippen LogP contribution in [-0.2, 0) is 18.4 Å². The van der Waals surface area contributed by atoms with Crippen molar-refractivity contribution in [2.24, 2.45) is 0 Å². The van der Waals surface area contributed by atoms with Crippen LogP contribution in [0.25, 0.3) is 0 Å². The molecule has 0 aliphatic carbocycles. The van der Waals surface area contributed by atoms with Gasteiger partial charge in [-0.25, -0.2) is 4.57 Å². The van der Waals surface area contributed by atoms with Crippen LogP contribution in [0.1, 0.15) is 296 Å². The number of likely N-dealkylation sites (N-methyl/N-ethyl adjacent to an activating group) is 1.